The summed E-state index contributed by atoms with van der Waals surface area (Å²) in [6, 6.07) is 19.6. The smallest absolute Gasteiger partial charge is 0.243 e. The minimum absolute atomic E-state index is 0.121. The van der Waals surface area contributed by atoms with E-state index in [9.17, 15) is 13.2 Å². The number of hydrogen-bond donors (Lipinski definition) is 3. The van der Waals surface area contributed by atoms with Gasteiger partial charge in [-0.1, -0.05) is 61.8 Å². The van der Waals surface area contributed by atoms with E-state index in [4.69, 9.17) is 11.6 Å². The molecule has 1 fully saturated rings. The van der Waals surface area contributed by atoms with E-state index in [1.54, 1.807) is 59.9 Å². The van der Waals surface area contributed by atoms with E-state index in [2.05, 4.69) is 29.8 Å². The first kappa shape index (κ1) is 33.1. The minimum Gasteiger partial charge on any atom is -0.324 e. The van der Waals surface area contributed by atoms with Gasteiger partial charge in [-0.3, -0.25) is 4.79 Å². The quantitative estimate of drug-likeness (QED) is 0.235. The first-order valence-electron chi connectivity index (χ1n) is 14.8. The molecular weight excluding hydrogens is 587 g/mol. The molecule has 1 amide bonds. The van der Waals surface area contributed by atoms with Crippen molar-refractivity contribution in [3.63, 3.8) is 0 Å². The summed E-state index contributed by atoms with van der Waals surface area (Å²) in [4.78, 5) is 13.9. The van der Waals surface area contributed by atoms with Gasteiger partial charge in [0.05, 0.1) is 10.9 Å². The lowest BCUT2D eigenvalue weighted by Crippen LogP contribution is -2.58. The van der Waals surface area contributed by atoms with Gasteiger partial charge in [0.15, 0.2) is 0 Å². The van der Waals surface area contributed by atoms with E-state index in [0.29, 0.717) is 48.6 Å². The van der Waals surface area contributed by atoms with Crippen LogP contribution in [0, 0.1) is 11.7 Å². The zero-order valence-electron chi connectivity index (χ0n) is 25.2. The van der Waals surface area contributed by atoms with Crippen molar-refractivity contribution in [2.45, 2.75) is 69.0 Å². The topological polar surface area (TPSA) is 90.5 Å². The van der Waals surface area contributed by atoms with Gasteiger partial charge in [-0.25, -0.2) is 12.8 Å². The van der Waals surface area contributed by atoms with Gasteiger partial charge in [0.25, 0.3) is 0 Å². The fourth-order valence-corrected chi connectivity index (χ4v) is 8.24. The number of halogens is 2. The molecule has 43 heavy (non-hydrogen) atoms. The first-order chi connectivity index (χ1) is 20.5. The van der Waals surface area contributed by atoms with Crippen LogP contribution in [0.15, 0.2) is 77.7 Å². The predicted octanol–water partition coefficient (Wildman–Crippen LogP) is 5.82. The Morgan fingerprint density at radius 2 is 1.79 bits per heavy atom. The second-order valence-electron chi connectivity index (χ2n) is 11.5. The Kier molecular flexibility index (Phi) is 11.4. The van der Waals surface area contributed by atoms with Crippen molar-refractivity contribution in [3.05, 3.63) is 94.8 Å². The molecule has 3 N–H and O–H groups in total. The molecule has 1 aliphatic heterocycles. The van der Waals surface area contributed by atoms with E-state index in [1.807, 2.05) is 25.1 Å². The number of benzene rings is 3. The van der Waals surface area contributed by atoms with Crippen LogP contribution >= 0.6 is 11.6 Å². The van der Waals surface area contributed by atoms with Gasteiger partial charge in [0.1, 0.15) is 5.82 Å². The number of piperazine rings is 1. The largest absolute Gasteiger partial charge is 0.324 e. The zero-order chi connectivity index (χ0) is 31.1. The van der Waals surface area contributed by atoms with Crippen molar-refractivity contribution in [3.8, 4) is 0 Å². The van der Waals surface area contributed by atoms with Gasteiger partial charge in [0.2, 0.25) is 15.9 Å². The molecule has 4 rings (SSSR count). The molecule has 4 atom stereocenters. The molecule has 7 nitrogen and oxygen atoms in total. The summed E-state index contributed by atoms with van der Waals surface area (Å²) in [5, 5.41) is 10.1. The van der Waals surface area contributed by atoms with Gasteiger partial charge in [-0.2, -0.15) is 4.31 Å². The molecule has 232 valence electrons. The van der Waals surface area contributed by atoms with Gasteiger partial charge in [0, 0.05) is 47.4 Å². The van der Waals surface area contributed by atoms with E-state index in [0.717, 1.165) is 5.56 Å². The van der Waals surface area contributed by atoms with Crippen LogP contribution in [-0.2, 0) is 21.2 Å². The van der Waals surface area contributed by atoms with Crippen LogP contribution in [0.1, 0.15) is 50.7 Å². The maximum absolute atomic E-state index is 15.2. The molecule has 0 spiro atoms. The van der Waals surface area contributed by atoms with Crippen LogP contribution < -0.4 is 16.0 Å². The van der Waals surface area contributed by atoms with E-state index >= 15 is 4.39 Å². The first-order valence-corrected chi connectivity index (χ1v) is 16.7. The van der Waals surface area contributed by atoms with E-state index in [-0.39, 0.29) is 34.7 Å². The van der Waals surface area contributed by atoms with Gasteiger partial charge < -0.3 is 16.0 Å². The van der Waals surface area contributed by atoms with Gasteiger partial charge >= 0.3 is 0 Å². The summed E-state index contributed by atoms with van der Waals surface area (Å²) in [6.07, 6.45) is 1.42. The number of anilines is 1. The number of nitrogens with zero attached hydrogens (tertiary/aromatic N) is 1. The summed E-state index contributed by atoms with van der Waals surface area (Å²) in [5.41, 5.74) is 1.77. The van der Waals surface area contributed by atoms with E-state index < -0.39 is 21.9 Å². The third-order valence-electron chi connectivity index (χ3n) is 8.18. The number of rotatable bonds is 12. The second kappa shape index (κ2) is 14.8. The lowest BCUT2D eigenvalue weighted by Gasteiger charge is -2.40. The Balaban J connectivity index is 1.50. The van der Waals surface area contributed by atoms with Crippen molar-refractivity contribution in [2.24, 2.45) is 5.92 Å². The molecule has 10 heteroatoms. The van der Waals surface area contributed by atoms with Crippen LogP contribution in [0.4, 0.5) is 10.1 Å². The van der Waals surface area contributed by atoms with Crippen molar-refractivity contribution >= 4 is 33.2 Å². The second-order valence-corrected chi connectivity index (χ2v) is 13.8. The zero-order valence-corrected chi connectivity index (χ0v) is 26.8. The average molecular weight is 629 g/mol. The van der Waals surface area contributed by atoms with Crippen LogP contribution in [0.25, 0.3) is 0 Å². The Morgan fingerprint density at radius 3 is 2.47 bits per heavy atom. The summed E-state index contributed by atoms with van der Waals surface area (Å²) in [6.45, 7) is 7.08. The number of nitrogens with one attached hydrogen (secondary N) is 3. The van der Waals surface area contributed by atoms with Crippen LogP contribution in [-0.4, -0.2) is 56.9 Å². The molecule has 3 aromatic rings. The van der Waals surface area contributed by atoms with Crippen molar-refractivity contribution < 1.29 is 17.6 Å². The summed E-state index contributed by atoms with van der Waals surface area (Å²) >= 11 is 6.26. The molecule has 3 aromatic carbocycles. The number of likely N-dealkylation sites (N-methyl/N-ethyl adjacent to an activating group) is 1. The fraction of sp³-hybridized carbons (Fsp3) is 0.424. The maximum atomic E-state index is 15.2. The maximum Gasteiger partial charge on any atom is 0.243 e. The Bertz CT molecular complexity index is 1490. The third-order valence-corrected chi connectivity index (χ3v) is 10.5. The highest BCUT2D eigenvalue weighted by atomic mass is 35.5. The number of hydrogen-bond acceptors (Lipinski definition) is 5. The molecule has 1 aliphatic rings. The molecule has 0 bridgehead atoms. The summed E-state index contributed by atoms with van der Waals surface area (Å²) in [7, 11) is -1.95. The van der Waals surface area contributed by atoms with Crippen LogP contribution in [0.3, 0.4) is 0 Å². The Morgan fingerprint density at radius 1 is 1.07 bits per heavy atom. The average Bonchev–Trinajstić information content (AvgIpc) is 2.97. The number of carbonyl (C=O) groups is 1. The van der Waals surface area contributed by atoms with Gasteiger partial charge in [-0.05, 0) is 81.1 Å². The highest BCUT2D eigenvalue weighted by Gasteiger charge is 2.37. The molecular formula is C33H42ClFN4O3S. The Hall–Kier alpha value is -2.82. The number of sulfonamides is 1. The predicted molar refractivity (Wildman–Crippen MR) is 171 cm³/mol. The molecule has 1 heterocycles. The lowest BCUT2D eigenvalue weighted by molar-refractivity contribution is -0.118. The highest BCUT2D eigenvalue weighted by Crippen LogP contribution is 2.32. The SMILES string of the molecule is CN[C@H](C(=O)Nc1cccc(F)c1CCC[C@H]1CNC[C@H](C)N1S(=O)(=O)c1ccccc1)[C@@H](c1cccc(Cl)c1)C(C)C. The van der Waals surface area contributed by atoms with Crippen molar-refractivity contribution in [1.29, 1.82) is 0 Å². The number of amides is 1. The molecule has 0 unspecified atom stereocenters. The standard InChI is InChI=1S/C33H42ClFN4O3S/c1-22(2)31(24-11-8-12-25(34)19-24)32(36-4)33(40)38-30-18-10-17-29(35)28(30)16-9-13-26-21-37-20-23(3)39(26)43(41,42)27-14-6-5-7-15-27/h5-8,10-12,14-15,17-19,22-23,26,31-32,36-37H,9,13,16,20-21H2,1-4H3,(H,38,40)/t23-,26-,31+,32-/m0/s1. The molecule has 0 aliphatic carbocycles. The van der Waals surface area contributed by atoms with Crippen molar-refractivity contribution in [1.82, 2.24) is 14.9 Å². The van der Waals surface area contributed by atoms with Crippen LogP contribution in [0.5, 0.6) is 0 Å². The third kappa shape index (κ3) is 7.83. The normalized spacial score (nSPS) is 19.2. The molecule has 0 saturated carbocycles. The van der Waals surface area contributed by atoms with Crippen molar-refractivity contribution in [2.75, 3.05) is 25.5 Å². The lowest BCUT2D eigenvalue weighted by atomic mass is 9.82. The summed E-state index contributed by atoms with van der Waals surface area (Å²) < 4.78 is 43.9. The van der Waals surface area contributed by atoms with Gasteiger partial charge in [-0.15, -0.1) is 0 Å². The molecule has 0 radical (unpaired) electrons. The minimum atomic E-state index is -3.69. The monoisotopic (exact) mass is 628 g/mol. The van der Waals surface area contributed by atoms with E-state index in [1.165, 1.54) is 6.07 Å². The molecule has 0 aromatic heterocycles. The number of carbonyl (C=O) groups excluding carboxylic acids is 1. The van der Waals surface area contributed by atoms with Crippen LogP contribution in [0.2, 0.25) is 5.02 Å². The summed E-state index contributed by atoms with van der Waals surface area (Å²) in [5.74, 6) is -0.717. The fourth-order valence-electron chi connectivity index (χ4n) is 6.18. The Labute approximate surface area is 260 Å². The molecule has 1 saturated heterocycles. The highest BCUT2D eigenvalue weighted by molar-refractivity contribution is 7.89.